The molecule has 9 heteroatoms. The number of aliphatic hydroxyl groups excluding tert-OH is 1. The van der Waals surface area contributed by atoms with Gasteiger partial charge in [-0.2, -0.15) is 0 Å². The van der Waals surface area contributed by atoms with E-state index in [2.05, 4.69) is 10.6 Å². The number of fused-ring (bicyclic) bond motifs is 1. The predicted octanol–water partition coefficient (Wildman–Crippen LogP) is 3.11. The lowest BCUT2D eigenvalue weighted by atomic mass is 9.65. The highest BCUT2D eigenvalue weighted by molar-refractivity contribution is 6.02. The standard InChI is InChI=1S/C29H43N3O6/c1-7-28-13-14-29(38-28)23(22(28)25(34)31-19-9-11-21(12-10-19)37-8-2)27(36)32(20(16-33)15-17(3)4)24(29)26(35)30-18(5)6/h9-12,17-18,20,22-24,33H,7-8,13-16H2,1-6H3,(H,30,35)(H,31,34)/t20-,22-,23+,24?,28+,29?/m1/s1. The Bertz CT molecular complexity index is 1040. The molecular weight excluding hydrogens is 486 g/mol. The van der Waals surface area contributed by atoms with E-state index in [1.807, 2.05) is 41.5 Å². The molecule has 3 N–H and O–H groups in total. The summed E-state index contributed by atoms with van der Waals surface area (Å²) in [7, 11) is 0. The van der Waals surface area contributed by atoms with E-state index in [-0.39, 0.29) is 36.3 Å². The molecule has 2 unspecified atom stereocenters. The summed E-state index contributed by atoms with van der Waals surface area (Å²) >= 11 is 0. The van der Waals surface area contributed by atoms with Gasteiger partial charge in [0.05, 0.1) is 36.7 Å². The molecule has 3 heterocycles. The van der Waals surface area contributed by atoms with Gasteiger partial charge < -0.3 is 30.1 Å². The Hall–Kier alpha value is -2.65. The van der Waals surface area contributed by atoms with E-state index < -0.39 is 35.1 Å². The number of aliphatic hydroxyl groups is 1. The molecule has 1 spiro atoms. The van der Waals surface area contributed by atoms with Crippen LogP contribution in [0.25, 0.3) is 0 Å². The highest BCUT2D eigenvalue weighted by atomic mass is 16.5. The molecule has 0 aliphatic carbocycles. The third kappa shape index (κ3) is 4.68. The molecular formula is C29H43N3O6. The third-order valence-corrected chi connectivity index (χ3v) is 8.36. The van der Waals surface area contributed by atoms with Gasteiger partial charge in [0, 0.05) is 11.7 Å². The van der Waals surface area contributed by atoms with Gasteiger partial charge in [0.2, 0.25) is 17.7 Å². The zero-order valence-electron chi connectivity index (χ0n) is 23.5. The molecule has 0 radical (unpaired) electrons. The number of likely N-dealkylation sites (tertiary alicyclic amines) is 1. The lowest BCUT2D eigenvalue weighted by molar-refractivity contribution is -0.150. The average molecular weight is 530 g/mol. The molecule has 3 aliphatic rings. The smallest absolute Gasteiger partial charge is 0.246 e. The van der Waals surface area contributed by atoms with Gasteiger partial charge in [-0.15, -0.1) is 0 Å². The number of rotatable bonds is 11. The van der Waals surface area contributed by atoms with Crippen LogP contribution in [0.3, 0.4) is 0 Å². The SMILES string of the molecule is CCOc1ccc(NC(=O)[C@H]2[C@H]3C(=O)N([C@@H](CO)CC(C)C)C(C(=O)NC(C)C)C34CC[C@]2(CC)O4)cc1. The summed E-state index contributed by atoms with van der Waals surface area (Å²) in [5.41, 5.74) is -1.34. The predicted molar refractivity (Wildman–Crippen MR) is 144 cm³/mol. The van der Waals surface area contributed by atoms with E-state index in [1.165, 1.54) is 0 Å². The van der Waals surface area contributed by atoms with Crippen molar-refractivity contribution in [3.05, 3.63) is 24.3 Å². The van der Waals surface area contributed by atoms with E-state index in [0.717, 1.165) is 0 Å². The normalized spacial score (nSPS) is 30.6. The van der Waals surface area contributed by atoms with Crippen molar-refractivity contribution in [1.29, 1.82) is 0 Å². The molecule has 38 heavy (non-hydrogen) atoms. The van der Waals surface area contributed by atoms with Crippen molar-refractivity contribution in [2.24, 2.45) is 17.8 Å². The van der Waals surface area contributed by atoms with Crippen LogP contribution < -0.4 is 15.4 Å². The second-order valence-electron chi connectivity index (χ2n) is 11.7. The number of hydrogen-bond acceptors (Lipinski definition) is 6. The number of ether oxygens (including phenoxy) is 2. The number of carbonyl (C=O) groups excluding carboxylic acids is 3. The number of nitrogens with zero attached hydrogens (tertiary/aromatic N) is 1. The molecule has 6 atom stereocenters. The van der Waals surface area contributed by atoms with Crippen LogP contribution in [0.2, 0.25) is 0 Å². The van der Waals surface area contributed by atoms with Gasteiger partial charge in [0.1, 0.15) is 17.4 Å². The topological polar surface area (TPSA) is 117 Å². The fraction of sp³-hybridized carbons (Fsp3) is 0.690. The van der Waals surface area contributed by atoms with Crippen LogP contribution in [0, 0.1) is 17.8 Å². The monoisotopic (exact) mass is 529 g/mol. The summed E-state index contributed by atoms with van der Waals surface area (Å²) < 4.78 is 12.3. The first-order chi connectivity index (χ1) is 18.0. The minimum absolute atomic E-state index is 0.134. The first kappa shape index (κ1) is 28.4. The largest absolute Gasteiger partial charge is 0.494 e. The Morgan fingerprint density at radius 2 is 1.82 bits per heavy atom. The van der Waals surface area contributed by atoms with Crippen molar-refractivity contribution in [2.45, 2.75) is 96.6 Å². The molecule has 0 saturated carbocycles. The maximum atomic E-state index is 14.3. The van der Waals surface area contributed by atoms with E-state index in [4.69, 9.17) is 9.47 Å². The van der Waals surface area contributed by atoms with Gasteiger partial charge in [-0.1, -0.05) is 20.8 Å². The summed E-state index contributed by atoms with van der Waals surface area (Å²) in [6.07, 6.45) is 2.19. The second-order valence-corrected chi connectivity index (χ2v) is 11.7. The highest BCUT2D eigenvalue weighted by Gasteiger charge is 2.79. The fourth-order valence-corrected chi connectivity index (χ4v) is 6.95. The highest BCUT2D eigenvalue weighted by Crippen LogP contribution is 2.64. The first-order valence-electron chi connectivity index (χ1n) is 14.0. The lowest BCUT2D eigenvalue weighted by Crippen LogP contribution is -2.59. The molecule has 3 fully saturated rings. The molecule has 4 rings (SSSR count). The van der Waals surface area contributed by atoms with Crippen LogP contribution in [0.5, 0.6) is 5.75 Å². The summed E-state index contributed by atoms with van der Waals surface area (Å²) in [5, 5.41) is 16.3. The Kier molecular flexibility index (Phi) is 8.09. The van der Waals surface area contributed by atoms with Crippen molar-refractivity contribution in [2.75, 3.05) is 18.5 Å². The number of hydrogen-bond donors (Lipinski definition) is 3. The first-order valence-corrected chi connectivity index (χ1v) is 14.0. The molecule has 3 saturated heterocycles. The van der Waals surface area contributed by atoms with Gasteiger partial charge in [-0.25, -0.2) is 0 Å². The van der Waals surface area contributed by atoms with Crippen molar-refractivity contribution in [3.63, 3.8) is 0 Å². The molecule has 2 bridgehead atoms. The number of carbonyl (C=O) groups is 3. The van der Waals surface area contributed by atoms with Crippen LogP contribution in [0.15, 0.2) is 24.3 Å². The zero-order valence-corrected chi connectivity index (χ0v) is 23.5. The van der Waals surface area contributed by atoms with Gasteiger partial charge in [0.15, 0.2) is 0 Å². The number of anilines is 1. The Morgan fingerprint density at radius 1 is 1.13 bits per heavy atom. The Labute approximate surface area is 225 Å². The zero-order chi connectivity index (χ0) is 27.8. The molecule has 9 nitrogen and oxygen atoms in total. The maximum absolute atomic E-state index is 14.3. The van der Waals surface area contributed by atoms with Gasteiger partial charge in [0.25, 0.3) is 0 Å². The quantitative estimate of drug-likeness (QED) is 0.406. The third-order valence-electron chi connectivity index (χ3n) is 8.36. The van der Waals surface area contributed by atoms with Crippen LogP contribution in [-0.4, -0.2) is 70.3 Å². The minimum atomic E-state index is -1.11. The second kappa shape index (κ2) is 10.8. The van der Waals surface area contributed by atoms with Crippen molar-refractivity contribution >= 4 is 23.4 Å². The molecule has 1 aromatic carbocycles. The van der Waals surface area contributed by atoms with Crippen LogP contribution in [0.4, 0.5) is 5.69 Å². The van der Waals surface area contributed by atoms with Gasteiger partial charge in [-0.3, -0.25) is 14.4 Å². The molecule has 1 aromatic rings. The van der Waals surface area contributed by atoms with E-state index in [9.17, 15) is 19.5 Å². The van der Waals surface area contributed by atoms with Crippen molar-refractivity contribution in [1.82, 2.24) is 10.2 Å². The van der Waals surface area contributed by atoms with Gasteiger partial charge >= 0.3 is 0 Å². The van der Waals surface area contributed by atoms with E-state index >= 15 is 0 Å². The summed E-state index contributed by atoms with van der Waals surface area (Å²) in [4.78, 5) is 43.4. The van der Waals surface area contributed by atoms with E-state index in [0.29, 0.717) is 43.7 Å². The molecule has 0 aromatic heterocycles. The average Bonchev–Trinajstić information content (AvgIpc) is 3.47. The van der Waals surface area contributed by atoms with Crippen molar-refractivity contribution in [3.8, 4) is 5.75 Å². The summed E-state index contributed by atoms with van der Waals surface area (Å²) in [6.45, 7) is 11.9. The minimum Gasteiger partial charge on any atom is -0.494 e. The number of benzene rings is 1. The lowest BCUT2D eigenvalue weighted by Gasteiger charge is -2.38. The maximum Gasteiger partial charge on any atom is 0.246 e. The van der Waals surface area contributed by atoms with E-state index in [1.54, 1.807) is 29.2 Å². The summed E-state index contributed by atoms with van der Waals surface area (Å²) in [5.74, 6) is -1.51. The number of amides is 3. The Balaban J connectivity index is 1.73. The van der Waals surface area contributed by atoms with Crippen LogP contribution in [0.1, 0.15) is 67.2 Å². The van der Waals surface area contributed by atoms with Crippen LogP contribution >= 0.6 is 0 Å². The molecule has 3 amide bonds. The van der Waals surface area contributed by atoms with Gasteiger partial charge in [-0.05, 0) is 76.6 Å². The Morgan fingerprint density at radius 3 is 2.37 bits per heavy atom. The van der Waals surface area contributed by atoms with Crippen LogP contribution in [-0.2, 0) is 19.1 Å². The molecule has 3 aliphatic heterocycles. The molecule has 210 valence electrons. The number of nitrogens with one attached hydrogen (secondary N) is 2. The summed E-state index contributed by atoms with van der Waals surface area (Å²) in [6, 6.07) is 5.55. The van der Waals surface area contributed by atoms with Crippen molar-refractivity contribution < 1.29 is 29.0 Å². The fourth-order valence-electron chi connectivity index (χ4n) is 6.95.